The van der Waals surface area contributed by atoms with Crippen molar-refractivity contribution in [2.45, 2.75) is 20.4 Å². The molecule has 1 amide bonds. The second kappa shape index (κ2) is 8.44. The first-order valence-corrected chi connectivity index (χ1v) is 8.82. The van der Waals surface area contributed by atoms with E-state index in [-0.39, 0.29) is 5.91 Å². The lowest BCUT2D eigenvalue weighted by molar-refractivity contribution is 0.0950. The standard InChI is InChI=1S/C20H23N5O2/c1-14(2)13-27-19-7-5-16(10-22-19)20(26)23-9-15-4-6-18(21-8-15)17-11-24-25(3)12-17/h4-8,10-12,14H,9,13H2,1-3H3,(H,23,26). The summed E-state index contributed by atoms with van der Waals surface area (Å²) in [5.41, 5.74) is 3.21. The summed E-state index contributed by atoms with van der Waals surface area (Å²) in [6.45, 7) is 5.13. The predicted molar refractivity (Wildman–Crippen MR) is 102 cm³/mol. The Labute approximate surface area is 158 Å². The van der Waals surface area contributed by atoms with Crippen LogP contribution in [0.4, 0.5) is 0 Å². The molecule has 0 atom stereocenters. The van der Waals surface area contributed by atoms with Gasteiger partial charge in [0.2, 0.25) is 5.88 Å². The van der Waals surface area contributed by atoms with Crippen molar-refractivity contribution in [2.75, 3.05) is 6.61 Å². The molecule has 0 fully saturated rings. The van der Waals surface area contributed by atoms with Crippen LogP contribution in [0.2, 0.25) is 0 Å². The van der Waals surface area contributed by atoms with E-state index < -0.39 is 0 Å². The molecule has 7 heteroatoms. The number of ether oxygens (including phenoxy) is 1. The van der Waals surface area contributed by atoms with Crippen molar-refractivity contribution in [1.82, 2.24) is 25.1 Å². The lowest BCUT2D eigenvalue weighted by Gasteiger charge is -2.09. The van der Waals surface area contributed by atoms with Crippen LogP contribution in [0.3, 0.4) is 0 Å². The largest absolute Gasteiger partial charge is 0.477 e. The third-order valence-electron chi connectivity index (χ3n) is 3.84. The van der Waals surface area contributed by atoms with E-state index in [1.54, 1.807) is 29.2 Å². The molecule has 0 aromatic carbocycles. The highest BCUT2D eigenvalue weighted by molar-refractivity contribution is 5.93. The first kappa shape index (κ1) is 18.6. The van der Waals surface area contributed by atoms with Gasteiger partial charge in [0.1, 0.15) is 0 Å². The number of hydrogen-bond acceptors (Lipinski definition) is 5. The highest BCUT2D eigenvalue weighted by Crippen LogP contribution is 2.15. The molecule has 140 valence electrons. The summed E-state index contributed by atoms with van der Waals surface area (Å²) in [4.78, 5) is 20.9. The molecule has 0 bridgehead atoms. The number of rotatable bonds is 7. The zero-order valence-electron chi connectivity index (χ0n) is 15.7. The lowest BCUT2D eigenvalue weighted by atomic mass is 10.2. The number of carbonyl (C=O) groups is 1. The van der Waals surface area contributed by atoms with Crippen molar-refractivity contribution in [2.24, 2.45) is 13.0 Å². The Morgan fingerprint density at radius 1 is 1.15 bits per heavy atom. The molecule has 0 unspecified atom stereocenters. The zero-order valence-corrected chi connectivity index (χ0v) is 15.7. The van der Waals surface area contributed by atoms with Crippen LogP contribution in [-0.4, -0.2) is 32.3 Å². The van der Waals surface area contributed by atoms with E-state index in [1.165, 1.54) is 6.20 Å². The Hall–Kier alpha value is -3.22. The Kier molecular flexibility index (Phi) is 5.80. The molecule has 0 aliphatic heterocycles. The number of nitrogens with zero attached hydrogens (tertiary/aromatic N) is 4. The molecular weight excluding hydrogens is 342 g/mol. The third kappa shape index (κ3) is 5.13. The summed E-state index contributed by atoms with van der Waals surface area (Å²) < 4.78 is 7.26. The third-order valence-corrected chi connectivity index (χ3v) is 3.84. The van der Waals surface area contributed by atoms with E-state index in [9.17, 15) is 4.79 Å². The normalized spacial score (nSPS) is 10.8. The summed E-state index contributed by atoms with van der Waals surface area (Å²) in [5, 5.41) is 7.01. The minimum Gasteiger partial charge on any atom is -0.477 e. The van der Waals surface area contributed by atoms with Crippen molar-refractivity contribution in [3.8, 4) is 17.1 Å². The monoisotopic (exact) mass is 365 g/mol. The number of nitrogens with one attached hydrogen (secondary N) is 1. The second-order valence-corrected chi connectivity index (χ2v) is 6.73. The smallest absolute Gasteiger partial charge is 0.253 e. The Morgan fingerprint density at radius 3 is 2.59 bits per heavy atom. The van der Waals surface area contributed by atoms with Crippen molar-refractivity contribution in [3.05, 3.63) is 60.2 Å². The van der Waals surface area contributed by atoms with Crippen molar-refractivity contribution in [3.63, 3.8) is 0 Å². The molecule has 3 aromatic rings. The number of amides is 1. The Balaban J connectivity index is 1.54. The molecule has 0 aliphatic rings. The van der Waals surface area contributed by atoms with E-state index in [1.807, 2.05) is 25.4 Å². The van der Waals surface area contributed by atoms with Crippen LogP contribution in [0.15, 0.2) is 49.1 Å². The molecule has 1 N–H and O–H groups in total. The molecule has 0 aliphatic carbocycles. The van der Waals surface area contributed by atoms with Gasteiger partial charge >= 0.3 is 0 Å². The van der Waals surface area contributed by atoms with Gasteiger partial charge in [0.05, 0.1) is 24.1 Å². The summed E-state index contributed by atoms with van der Waals surface area (Å²) in [6, 6.07) is 7.28. The van der Waals surface area contributed by atoms with Gasteiger partial charge in [-0.25, -0.2) is 4.98 Å². The molecule has 27 heavy (non-hydrogen) atoms. The maximum atomic E-state index is 12.3. The molecule has 0 saturated heterocycles. The molecule has 3 aromatic heterocycles. The Morgan fingerprint density at radius 2 is 2.00 bits per heavy atom. The molecule has 0 spiro atoms. The summed E-state index contributed by atoms with van der Waals surface area (Å²) >= 11 is 0. The van der Waals surface area contributed by atoms with Gasteiger partial charge in [0.25, 0.3) is 5.91 Å². The highest BCUT2D eigenvalue weighted by Gasteiger charge is 2.08. The second-order valence-electron chi connectivity index (χ2n) is 6.73. The van der Waals surface area contributed by atoms with E-state index >= 15 is 0 Å². The number of pyridine rings is 2. The number of aromatic nitrogens is 4. The maximum Gasteiger partial charge on any atom is 0.253 e. The molecule has 0 radical (unpaired) electrons. The SMILES string of the molecule is CC(C)COc1ccc(C(=O)NCc2ccc(-c3cnn(C)c3)nc2)cn1. The van der Waals surface area contributed by atoms with Crippen LogP contribution in [-0.2, 0) is 13.6 Å². The van der Waals surface area contributed by atoms with Crippen molar-refractivity contribution in [1.29, 1.82) is 0 Å². The first-order valence-electron chi connectivity index (χ1n) is 8.82. The number of hydrogen-bond donors (Lipinski definition) is 1. The van der Waals surface area contributed by atoms with E-state index in [2.05, 4.69) is 34.2 Å². The van der Waals surface area contributed by atoms with Gasteiger partial charge in [-0.2, -0.15) is 5.10 Å². The van der Waals surface area contributed by atoms with Crippen LogP contribution < -0.4 is 10.1 Å². The topological polar surface area (TPSA) is 81.9 Å². The van der Waals surface area contributed by atoms with Crippen LogP contribution in [0, 0.1) is 5.92 Å². The molecule has 0 saturated carbocycles. The van der Waals surface area contributed by atoms with Crippen molar-refractivity contribution < 1.29 is 9.53 Å². The van der Waals surface area contributed by atoms with Crippen LogP contribution in [0.25, 0.3) is 11.3 Å². The van der Waals surface area contributed by atoms with E-state index in [4.69, 9.17) is 4.74 Å². The quantitative estimate of drug-likeness (QED) is 0.696. The van der Waals surface area contributed by atoms with Gasteiger partial charge in [-0.3, -0.25) is 14.5 Å². The average Bonchev–Trinajstić information content (AvgIpc) is 3.11. The van der Waals surface area contributed by atoms with Gasteiger partial charge in [-0.15, -0.1) is 0 Å². The maximum absolute atomic E-state index is 12.3. The number of carbonyl (C=O) groups excluding carboxylic acids is 1. The van der Waals surface area contributed by atoms with Gasteiger partial charge in [-0.05, 0) is 23.6 Å². The van der Waals surface area contributed by atoms with Gasteiger partial charge in [-0.1, -0.05) is 19.9 Å². The van der Waals surface area contributed by atoms with E-state index in [0.717, 1.165) is 16.8 Å². The molecular formula is C20H23N5O2. The fourth-order valence-electron chi connectivity index (χ4n) is 2.39. The minimum atomic E-state index is -0.186. The lowest BCUT2D eigenvalue weighted by Crippen LogP contribution is -2.23. The molecule has 7 nitrogen and oxygen atoms in total. The highest BCUT2D eigenvalue weighted by atomic mass is 16.5. The number of aryl methyl sites for hydroxylation is 1. The summed E-state index contributed by atoms with van der Waals surface area (Å²) in [5.74, 6) is 0.762. The van der Waals surface area contributed by atoms with Crippen molar-refractivity contribution >= 4 is 5.91 Å². The molecule has 3 heterocycles. The van der Waals surface area contributed by atoms with Crippen LogP contribution >= 0.6 is 0 Å². The molecule has 3 rings (SSSR count). The van der Waals surface area contributed by atoms with Gasteiger partial charge < -0.3 is 10.1 Å². The minimum absolute atomic E-state index is 0.186. The zero-order chi connectivity index (χ0) is 19.2. The van der Waals surface area contributed by atoms with Gasteiger partial charge in [0.15, 0.2) is 0 Å². The first-order chi connectivity index (χ1) is 13.0. The fourth-order valence-corrected chi connectivity index (χ4v) is 2.39. The predicted octanol–water partition coefficient (Wildman–Crippen LogP) is 2.84. The fraction of sp³-hybridized carbons (Fsp3) is 0.300. The Bertz CT molecular complexity index is 885. The average molecular weight is 365 g/mol. The van der Waals surface area contributed by atoms with Crippen LogP contribution in [0.5, 0.6) is 5.88 Å². The summed E-state index contributed by atoms with van der Waals surface area (Å²) in [6.07, 6.45) is 6.95. The van der Waals surface area contributed by atoms with E-state index in [0.29, 0.717) is 30.5 Å². The van der Waals surface area contributed by atoms with Gasteiger partial charge in [0, 0.05) is 43.8 Å². The van der Waals surface area contributed by atoms with Crippen LogP contribution in [0.1, 0.15) is 29.8 Å². The summed E-state index contributed by atoms with van der Waals surface area (Å²) in [7, 11) is 1.87.